The van der Waals surface area contributed by atoms with Crippen LogP contribution in [0.15, 0.2) is 4.34 Å². The predicted octanol–water partition coefficient (Wildman–Crippen LogP) is 1.34. The monoisotopic (exact) mass is 370 g/mol. The maximum Gasteiger partial charge on any atom is 0.270 e. The fourth-order valence-electron chi connectivity index (χ4n) is 1.37. The Morgan fingerprint density at radius 3 is 2.58 bits per heavy atom. The Kier molecular flexibility index (Phi) is 5.83. The molecule has 0 aliphatic heterocycles. The standard InChI is InChI=1S/C9H15BrN4O3S2/c1-5(10)4-6(2)14-19(16,17)9-13-12-8(18-9)11-7(3)15/h5-6,14H,4H2,1-3H3,(H,11,12,15). The van der Waals surface area contributed by atoms with Crippen molar-refractivity contribution < 1.29 is 13.2 Å². The minimum Gasteiger partial charge on any atom is -0.301 e. The summed E-state index contributed by atoms with van der Waals surface area (Å²) in [4.78, 5) is 11.0. The van der Waals surface area contributed by atoms with Crippen LogP contribution in [-0.2, 0) is 14.8 Å². The van der Waals surface area contributed by atoms with Crippen molar-refractivity contribution in [1.29, 1.82) is 0 Å². The number of carbonyl (C=O) groups excluding carboxylic acids is 1. The molecule has 1 rings (SSSR count). The van der Waals surface area contributed by atoms with E-state index in [1.807, 2.05) is 6.92 Å². The maximum atomic E-state index is 12.0. The van der Waals surface area contributed by atoms with Crippen molar-refractivity contribution in [1.82, 2.24) is 14.9 Å². The molecule has 0 fully saturated rings. The van der Waals surface area contributed by atoms with Crippen molar-refractivity contribution in [2.45, 2.75) is 42.4 Å². The summed E-state index contributed by atoms with van der Waals surface area (Å²) in [6.45, 7) is 5.02. The Bertz CT molecular complexity index is 543. The highest BCUT2D eigenvalue weighted by Crippen LogP contribution is 2.20. The number of sulfonamides is 1. The molecule has 0 spiro atoms. The Hall–Kier alpha value is -0.580. The summed E-state index contributed by atoms with van der Waals surface area (Å²) in [6, 6.07) is -0.229. The van der Waals surface area contributed by atoms with Gasteiger partial charge in [-0.05, 0) is 13.3 Å². The fraction of sp³-hybridized carbons (Fsp3) is 0.667. The van der Waals surface area contributed by atoms with Crippen molar-refractivity contribution >= 4 is 48.3 Å². The minimum absolute atomic E-state index is 0.161. The molecule has 0 radical (unpaired) electrons. The summed E-state index contributed by atoms with van der Waals surface area (Å²) in [5, 5.41) is 9.71. The summed E-state index contributed by atoms with van der Waals surface area (Å²) in [6.07, 6.45) is 0.649. The molecule has 2 atom stereocenters. The Morgan fingerprint density at radius 1 is 1.42 bits per heavy atom. The van der Waals surface area contributed by atoms with Gasteiger partial charge in [-0.1, -0.05) is 34.2 Å². The van der Waals surface area contributed by atoms with E-state index in [0.717, 1.165) is 11.3 Å². The smallest absolute Gasteiger partial charge is 0.270 e. The number of alkyl halides is 1. The van der Waals surface area contributed by atoms with Crippen molar-refractivity contribution in [2.24, 2.45) is 0 Å². The average molecular weight is 371 g/mol. The van der Waals surface area contributed by atoms with Gasteiger partial charge in [-0.15, -0.1) is 10.2 Å². The number of carbonyl (C=O) groups is 1. The lowest BCUT2D eigenvalue weighted by Gasteiger charge is -2.13. The van der Waals surface area contributed by atoms with Gasteiger partial charge in [0.25, 0.3) is 10.0 Å². The quantitative estimate of drug-likeness (QED) is 0.581. The van der Waals surface area contributed by atoms with E-state index in [1.165, 1.54) is 6.92 Å². The van der Waals surface area contributed by atoms with Gasteiger partial charge in [-0.2, -0.15) is 0 Å². The summed E-state index contributed by atoms with van der Waals surface area (Å²) < 4.78 is 26.3. The first-order valence-corrected chi connectivity index (χ1v) is 8.69. The summed E-state index contributed by atoms with van der Waals surface area (Å²) in [5.74, 6) is -0.325. The van der Waals surface area contributed by atoms with E-state index in [4.69, 9.17) is 0 Å². The molecule has 1 amide bonds. The van der Waals surface area contributed by atoms with E-state index < -0.39 is 10.0 Å². The summed E-state index contributed by atoms with van der Waals surface area (Å²) >= 11 is 4.18. The second kappa shape index (κ2) is 6.73. The van der Waals surface area contributed by atoms with Gasteiger partial charge in [0.1, 0.15) is 0 Å². The van der Waals surface area contributed by atoms with Crippen LogP contribution in [0.4, 0.5) is 5.13 Å². The average Bonchev–Trinajstić information content (AvgIpc) is 2.62. The second-order valence-corrected chi connectivity index (χ2v) is 8.52. The SMILES string of the molecule is CC(=O)Nc1nnc(S(=O)(=O)NC(C)CC(C)Br)s1. The highest BCUT2D eigenvalue weighted by Gasteiger charge is 2.23. The molecule has 108 valence electrons. The number of aromatic nitrogens is 2. The lowest BCUT2D eigenvalue weighted by atomic mass is 10.2. The molecule has 0 saturated heterocycles. The number of amides is 1. The number of nitrogens with zero attached hydrogens (tertiary/aromatic N) is 2. The highest BCUT2D eigenvalue weighted by molar-refractivity contribution is 9.09. The number of anilines is 1. The number of halogens is 1. The minimum atomic E-state index is -3.70. The van der Waals surface area contributed by atoms with Gasteiger partial charge in [0, 0.05) is 17.8 Å². The molecule has 0 saturated carbocycles. The zero-order valence-electron chi connectivity index (χ0n) is 10.7. The summed E-state index contributed by atoms with van der Waals surface area (Å²) in [7, 11) is -3.70. The molecule has 0 aliphatic carbocycles. The largest absolute Gasteiger partial charge is 0.301 e. The van der Waals surface area contributed by atoms with Crippen LogP contribution in [0.2, 0.25) is 0 Å². The molecular weight excluding hydrogens is 356 g/mol. The van der Waals surface area contributed by atoms with Gasteiger partial charge < -0.3 is 5.32 Å². The number of rotatable bonds is 6. The molecule has 2 unspecified atom stereocenters. The van der Waals surface area contributed by atoms with E-state index in [2.05, 4.69) is 36.2 Å². The van der Waals surface area contributed by atoms with Crippen LogP contribution in [0.5, 0.6) is 0 Å². The number of hydrogen-bond donors (Lipinski definition) is 2. The van der Waals surface area contributed by atoms with E-state index in [9.17, 15) is 13.2 Å². The van der Waals surface area contributed by atoms with Crippen LogP contribution in [0.25, 0.3) is 0 Å². The third-order valence-electron chi connectivity index (χ3n) is 1.95. The van der Waals surface area contributed by atoms with Crippen LogP contribution in [-0.4, -0.2) is 35.4 Å². The van der Waals surface area contributed by atoms with Gasteiger partial charge in [0.05, 0.1) is 0 Å². The van der Waals surface area contributed by atoms with Crippen molar-refractivity contribution in [2.75, 3.05) is 5.32 Å². The fourth-order valence-corrected chi connectivity index (χ4v) is 4.15. The van der Waals surface area contributed by atoms with Crippen LogP contribution < -0.4 is 10.0 Å². The molecule has 7 nitrogen and oxygen atoms in total. The van der Waals surface area contributed by atoms with E-state index >= 15 is 0 Å². The zero-order chi connectivity index (χ0) is 14.6. The van der Waals surface area contributed by atoms with Gasteiger partial charge >= 0.3 is 0 Å². The third kappa shape index (κ3) is 5.51. The van der Waals surface area contributed by atoms with Crippen LogP contribution in [0, 0.1) is 0 Å². The molecule has 2 N–H and O–H groups in total. The maximum absolute atomic E-state index is 12.0. The van der Waals surface area contributed by atoms with Gasteiger partial charge in [0.15, 0.2) is 0 Å². The third-order valence-corrected chi connectivity index (χ3v) is 5.12. The molecule has 10 heteroatoms. The molecule has 1 aromatic heterocycles. The van der Waals surface area contributed by atoms with Gasteiger partial charge in [-0.25, -0.2) is 13.1 Å². The van der Waals surface area contributed by atoms with Crippen LogP contribution >= 0.6 is 27.3 Å². The molecule has 0 bridgehead atoms. The lowest BCUT2D eigenvalue weighted by molar-refractivity contribution is -0.114. The van der Waals surface area contributed by atoms with E-state index in [1.54, 1.807) is 6.92 Å². The van der Waals surface area contributed by atoms with Crippen molar-refractivity contribution in [3.8, 4) is 0 Å². The highest BCUT2D eigenvalue weighted by atomic mass is 79.9. The molecule has 0 aromatic carbocycles. The molecular formula is C9H15BrN4O3S2. The number of nitrogens with one attached hydrogen (secondary N) is 2. The van der Waals surface area contributed by atoms with Gasteiger partial charge in [-0.3, -0.25) is 4.79 Å². The first-order chi connectivity index (χ1) is 8.70. The zero-order valence-corrected chi connectivity index (χ0v) is 13.9. The normalized spacial score (nSPS) is 14.9. The van der Waals surface area contributed by atoms with E-state index in [-0.39, 0.29) is 26.2 Å². The van der Waals surface area contributed by atoms with Gasteiger partial charge in [0.2, 0.25) is 15.4 Å². The van der Waals surface area contributed by atoms with Crippen LogP contribution in [0.3, 0.4) is 0 Å². The Labute approximate surface area is 124 Å². The van der Waals surface area contributed by atoms with E-state index in [0.29, 0.717) is 6.42 Å². The Morgan fingerprint density at radius 2 is 2.05 bits per heavy atom. The van der Waals surface area contributed by atoms with Crippen LogP contribution in [0.1, 0.15) is 27.2 Å². The predicted molar refractivity (Wildman–Crippen MR) is 77.0 cm³/mol. The molecule has 19 heavy (non-hydrogen) atoms. The lowest BCUT2D eigenvalue weighted by Crippen LogP contribution is -2.33. The van der Waals surface area contributed by atoms with Crippen molar-refractivity contribution in [3.05, 3.63) is 0 Å². The topological polar surface area (TPSA) is 101 Å². The van der Waals surface area contributed by atoms with Crippen molar-refractivity contribution in [3.63, 3.8) is 0 Å². The second-order valence-electron chi connectivity index (χ2n) is 4.09. The first-order valence-electron chi connectivity index (χ1n) is 5.48. The first kappa shape index (κ1) is 16.5. The Balaban J connectivity index is 2.77. The number of hydrogen-bond acceptors (Lipinski definition) is 6. The molecule has 0 aliphatic rings. The molecule has 1 aromatic rings. The summed E-state index contributed by atoms with van der Waals surface area (Å²) in [5.41, 5.74) is 0. The molecule has 1 heterocycles.